The first kappa shape index (κ1) is 16.0. The van der Waals surface area contributed by atoms with Gasteiger partial charge in [-0.1, -0.05) is 0 Å². The third kappa shape index (κ3) is 4.09. The van der Waals surface area contributed by atoms with E-state index in [0.29, 0.717) is 19.8 Å². The summed E-state index contributed by atoms with van der Waals surface area (Å²) in [5, 5.41) is 5.05. The number of amides is 1. The second-order valence-electron chi connectivity index (χ2n) is 6.08. The van der Waals surface area contributed by atoms with Gasteiger partial charge in [0.1, 0.15) is 0 Å². The average Bonchev–Trinajstić information content (AvgIpc) is 3.19. The maximum atomic E-state index is 12.3. The predicted molar refractivity (Wildman–Crippen MR) is 87.7 cm³/mol. The summed E-state index contributed by atoms with van der Waals surface area (Å²) in [6.45, 7) is 2.91. The lowest BCUT2D eigenvalue weighted by atomic mass is 9.96. The number of thiophene rings is 1. The molecule has 0 aromatic carbocycles. The molecule has 3 rings (SSSR count). The molecule has 1 aromatic heterocycles. The molecule has 1 aromatic rings. The van der Waals surface area contributed by atoms with Crippen LogP contribution >= 0.6 is 11.3 Å². The molecule has 1 N–H and O–H groups in total. The summed E-state index contributed by atoms with van der Waals surface area (Å²) >= 11 is 1.74. The van der Waals surface area contributed by atoms with E-state index in [2.05, 4.69) is 5.32 Å². The zero-order chi connectivity index (χ0) is 15.2. The predicted octanol–water partition coefficient (Wildman–Crippen LogP) is 2.94. The van der Waals surface area contributed by atoms with Crippen LogP contribution in [-0.2, 0) is 22.3 Å². The first-order chi connectivity index (χ1) is 10.8. The van der Waals surface area contributed by atoms with Crippen molar-refractivity contribution in [1.82, 2.24) is 5.32 Å². The SMILES string of the molecule is O=C(NCCCOCC1CCCO1)c1csc2c1CCCC2. The van der Waals surface area contributed by atoms with Crippen LogP contribution in [0.25, 0.3) is 0 Å². The van der Waals surface area contributed by atoms with Gasteiger partial charge in [-0.25, -0.2) is 0 Å². The van der Waals surface area contributed by atoms with Gasteiger partial charge in [0.15, 0.2) is 0 Å². The number of aryl methyl sites for hydroxylation is 1. The molecule has 5 heteroatoms. The van der Waals surface area contributed by atoms with Crippen LogP contribution in [0.3, 0.4) is 0 Å². The molecule has 4 nitrogen and oxygen atoms in total. The van der Waals surface area contributed by atoms with Crippen LogP contribution in [-0.4, -0.2) is 38.4 Å². The molecule has 122 valence electrons. The van der Waals surface area contributed by atoms with Crippen LogP contribution in [0.5, 0.6) is 0 Å². The van der Waals surface area contributed by atoms with Gasteiger partial charge >= 0.3 is 0 Å². The van der Waals surface area contributed by atoms with E-state index in [-0.39, 0.29) is 12.0 Å². The lowest BCUT2D eigenvalue weighted by Crippen LogP contribution is -2.26. The molecule has 2 aliphatic rings. The molecule has 0 bridgehead atoms. The van der Waals surface area contributed by atoms with Crippen LogP contribution in [0.15, 0.2) is 5.38 Å². The summed E-state index contributed by atoms with van der Waals surface area (Å²) in [6.07, 6.45) is 8.07. The Bertz CT molecular complexity index is 494. The molecular formula is C17H25NO3S. The van der Waals surface area contributed by atoms with E-state index >= 15 is 0 Å². The maximum Gasteiger partial charge on any atom is 0.252 e. The summed E-state index contributed by atoms with van der Waals surface area (Å²) in [5.41, 5.74) is 2.20. The summed E-state index contributed by atoms with van der Waals surface area (Å²) in [4.78, 5) is 13.7. The van der Waals surface area contributed by atoms with E-state index in [9.17, 15) is 4.79 Å². The minimum absolute atomic E-state index is 0.0820. The molecule has 1 aliphatic carbocycles. The molecule has 0 spiro atoms. The Kier molecular flexibility index (Phi) is 5.87. The molecule has 1 unspecified atom stereocenters. The van der Waals surface area contributed by atoms with Crippen molar-refractivity contribution in [3.05, 3.63) is 21.4 Å². The third-order valence-corrected chi connectivity index (χ3v) is 5.47. The monoisotopic (exact) mass is 323 g/mol. The molecule has 2 heterocycles. The lowest BCUT2D eigenvalue weighted by molar-refractivity contribution is 0.0166. The summed E-state index contributed by atoms with van der Waals surface area (Å²) < 4.78 is 11.1. The largest absolute Gasteiger partial charge is 0.379 e. The fourth-order valence-corrected chi connectivity index (χ4v) is 4.27. The number of carbonyl (C=O) groups is 1. The minimum atomic E-state index is 0.0820. The minimum Gasteiger partial charge on any atom is -0.379 e. The fourth-order valence-electron chi connectivity index (χ4n) is 3.15. The normalized spacial score (nSPS) is 20.8. The summed E-state index contributed by atoms with van der Waals surface area (Å²) in [7, 11) is 0. The van der Waals surface area contributed by atoms with Crippen LogP contribution in [0, 0.1) is 0 Å². The average molecular weight is 323 g/mol. The van der Waals surface area contributed by atoms with Gasteiger partial charge in [-0.2, -0.15) is 0 Å². The number of nitrogens with one attached hydrogen (secondary N) is 1. The topological polar surface area (TPSA) is 47.6 Å². The van der Waals surface area contributed by atoms with Crippen LogP contribution in [0.4, 0.5) is 0 Å². The third-order valence-electron chi connectivity index (χ3n) is 4.38. The Labute approximate surface area is 136 Å². The molecule has 1 saturated heterocycles. The van der Waals surface area contributed by atoms with Crippen LogP contribution < -0.4 is 5.32 Å². The fraction of sp³-hybridized carbons (Fsp3) is 0.706. The van der Waals surface area contributed by atoms with Crippen LogP contribution in [0.2, 0.25) is 0 Å². The van der Waals surface area contributed by atoms with Crippen molar-refractivity contribution < 1.29 is 14.3 Å². The Hall–Kier alpha value is -0.910. The zero-order valence-electron chi connectivity index (χ0n) is 13.1. The van der Waals surface area contributed by atoms with Gasteiger partial charge in [0.25, 0.3) is 5.91 Å². The van der Waals surface area contributed by atoms with Gasteiger partial charge in [0, 0.05) is 30.0 Å². The standard InChI is InChI=1S/C17H25NO3S/c19-17(15-12-22-16-7-2-1-6-14(15)16)18-8-4-9-20-11-13-5-3-10-21-13/h12-13H,1-11H2,(H,18,19). The van der Waals surface area contributed by atoms with E-state index < -0.39 is 0 Å². The molecule has 1 fully saturated rings. The van der Waals surface area contributed by atoms with Crippen molar-refractivity contribution in [2.45, 2.75) is 51.0 Å². The van der Waals surface area contributed by atoms with E-state index in [1.165, 1.54) is 23.3 Å². The van der Waals surface area contributed by atoms with Gasteiger partial charge in [-0.15, -0.1) is 11.3 Å². The van der Waals surface area contributed by atoms with Crippen LogP contribution in [0.1, 0.15) is 52.9 Å². The van der Waals surface area contributed by atoms with Crippen molar-refractivity contribution in [2.75, 3.05) is 26.4 Å². The van der Waals surface area contributed by atoms with Gasteiger partial charge in [0.05, 0.1) is 18.3 Å². The van der Waals surface area contributed by atoms with Crippen molar-refractivity contribution >= 4 is 17.2 Å². The van der Waals surface area contributed by atoms with E-state index in [1.807, 2.05) is 5.38 Å². The summed E-state index contributed by atoms with van der Waals surface area (Å²) in [6, 6.07) is 0. The molecule has 0 saturated carbocycles. The number of rotatable bonds is 7. The van der Waals surface area contributed by atoms with Gasteiger partial charge in [-0.3, -0.25) is 4.79 Å². The highest BCUT2D eigenvalue weighted by molar-refractivity contribution is 7.10. The second kappa shape index (κ2) is 8.09. The van der Waals surface area contributed by atoms with Gasteiger partial charge < -0.3 is 14.8 Å². The van der Waals surface area contributed by atoms with Crippen molar-refractivity contribution in [1.29, 1.82) is 0 Å². The smallest absolute Gasteiger partial charge is 0.252 e. The number of fused-ring (bicyclic) bond motifs is 1. The molecule has 1 amide bonds. The molecule has 22 heavy (non-hydrogen) atoms. The first-order valence-electron chi connectivity index (χ1n) is 8.41. The quantitative estimate of drug-likeness (QED) is 0.785. The highest BCUT2D eigenvalue weighted by Crippen LogP contribution is 2.30. The van der Waals surface area contributed by atoms with E-state index in [0.717, 1.165) is 44.3 Å². The second-order valence-corrected chi connectivity index (χ2v) is 7.04. The molecule has 0 radical (unpaired) electrons. The number of carbonyl (C=O) groups excluding carboxylic acids is 1. The van der Waals surface area contributed by atoms with Crippen molar-refractivity contribution in [3.63, 3.8) is 0 Å². The molecular weight excluding hydrogens is 298 g/mol. The van der Waals surface area contributed by atoms with Crippen molar-refractivity contribution in [2.24, 2.45) is 0 Å². The highest BCUT2D eigenvalue weighted by atomic mass is 32.1. The first-order valence-corrected chi connectivity index (χ1v) is 9.29. The Morgan fingerprint density at radius 2 is 2.27 bits per heavy atom. The summed E-state index contributed by atoms with van der Waals surface area (Å²) in [5.74, 6) is 0.0820. The highest BCUT2D eigenvalue weighted by Gasteiger charge is 2.19. The van der Waals surface area contributed by atoms with Gasteiger partial charge in [0.2, 0.25) is 0 Å². The van der Waals surface area contributed by atoms with Gasteiger partial charge in [-0.05, 0) is 50.5 Å². The Morgan fingerprint density at radius 3 is 3.14 bits per heavy atom. The number of hydrogen-bond acceptors (Lipinski definition) is 4. The zero-order valence-corrected chi connectivity index (χ0v) is 13.9. The molecule has 1 atom stereocenters. The number of ether oxygens (including phenoxy) is 2. The maximum absolute atomic E-state index is 12.3. The number of hydrogen-bond donors (Lipinski definition) is 1. The van der Waals surface area contributed by atoms with E-state index in [4.69, 9.17) is 9.47 Å². The van der Waals surface area contributed by atoms with Crippen molar-refractivity contribution in [3.8, 4) is 0 Å². The lowest BCUT2D eigenvalue weighted by Gasteiger charge is -2.13. The Balaban J connectivity index is 1.33. The molecule has 1 aliphatic heterocycles. The van der Waals surface area contributed by atoms with E-state index in [1.54, 1.807) is 11.3 Å². The Morgan fingerprint density at radius 1 is 1.36 bits per heavy atom.